The van der Waals surface area contributed by atoms with E-state index in [2.05, 4.69) is 198 Å². The van der Waals surface area contributed by atoms with E-state index in [0.29, 0.717) is 5.56 Å². The number of fused-ring (bicyclic) bond motifs is 9. The average molecular weight is 736 g/mol. The zero-order valence-corrected chi connectivity index (χ0v) is 31.8. The van der Waals surface area contributed by atoms with E-state index in [1.165, 1.54) is 99.4 Å². The summed E-state index contributed by atoms with van der Waals surface area (Å²) in [4.78, 5) is 2.49. The second-order valence-corrected chi connectivity index (χ2v) is 15.6. The molecule has 9 aromatic carbocycles. The first kappa shape index (κ1) is 32.6. The topological polar surface area (TPSA) is 32.0 Å². The first-order chi connectivity index (χ1) is 28.7. The molecule has 0 N–H and O–H groups in total. The fraction of sp³-hybridized carbons (Fsp3) is 0.0185. The number of benzene rings is 9. The van der Waals surface area contributed by atoms with Crippen molar-refractivity contribution in [2.24, 2.45) is 0 Å². The summed E-state index contributed by atoms with van der Waals surface area (Å²) >= 11 is 0. The minimum atomic E-state index is -0.0896. The lowest BCUT2D eigenvalue weighted by molar-refractivity contribution is 1.25. The maximum atomic E-state index is 9.71. The predicted molar refractivity (Wildman–Crippen MR) is 243 cm³/mol. The van der Waals surface area contributed by atoms with E-state index >= 15 is 0 Å². The molecule has 268 valence electrons. The highest BCUT2D eigenvalue weighted by Gasteiger charge is 2.44. The lowest BCUT2D eigenvalue weighted by Crippen LogP contribution is -2.57. The fourth-order valence-corrected chi connectivity index (χ4v) is 10.0. The van der Waals surface area contributed by atoms with Crippen molar-refractivity contribution >= 4 is 67.4 Å². The molecule has 2 aliphatic rings. The van der Waals surface area contributed by atoms with Crippen molar-refractivity contribution in [3.05, 3.63) is 199 Å². The molecule has 12 rings (SSSR count). The van der Waals surface area contributed by atoms with Gasteiger partial charge >= 0.3 is 6.85 Å². The number of aromatic nitrogens is 1. The third-order valence-electron chi connectivity index (χ3n) is 12.6. The molecular weight excluding hydrogens is 701 g/mol. The minimum Gasteiger partial charge on any atom is -0.375 e. The van der Waals surface area contributed by atoms with Gasteiger partial charge in [-0.25, -0.2) is 0 Å². The van der Waals surface area contributed by atoms with Gasteiger partial charge in [0.2, 0.25) is 0 Å². The van der Waals surface area contributed by atoms with Gasteiger partial charge in [0.05, 0.1) is 11.6 Å². The van der Waals surface area contributed by atoms with Crippen molar-refractivity contribution in [3.8, 4) is 50.6 Å². The zero-order chi connectivity index (χ0) is 38.5. The minimum absolute atomic E-state index is 0.0896. The van der Waals surface area contributed by atoms with Crippen LogP contribution in [0.1, 0.15) is 11.1 Å². The van der Waals surface area contributed by atoms with Gasteiger partial charge in [0, 0.05) is 44.4 Å². The maximum absolute atomic E-state index is 9.71. The van der Waals surface area contributed by atoms with Gasteiger partial charge in [-0.05, 0) is 116 Å². The molecule has 0 saturated heterocycles. The lowest BCUT2D eigenvalue weighted by atomic mass is 9.44. The third kappa shape index (κ3) is 4.62. The van der Waals surface area contributed by atoms with Gasteiger partial charge < -0.3 is 9.38 Å². The van der Waals surface area contributed by atoms with E-state index in [1.54, 1.807) is 0 Å². The summed E-state index contributed by atoms with van der Waals surface area (Å²) in [5, 5.41) is 14.8. The van der Waals surface area contributed by atoms with Gasteiger partial charge in [-0.2, -0.15) is 5.26 Å². The normalized spacial score (nSPS) is 12.5. The van der Waals surface area contributed by atoms with Gasteiger partial charge in [-0.3, -0.25) is 0 Å². The molecule has 10 aromatic rings. The van der Waals surface area contributed by atoms with Crippen LogP contribution in [0.25, 0.3) is 77.1 Å². The van der Waals surface area contributed by atoms with E-state index < -0.39 is 0 Å². The molecule has 1 aromatic heterocycles. The Kier molecular flexibility index (Phi) is 7.00. The second kappa shape index (κ2) is 12.5. The van der Waals surface area contributed by atoms with Gasteiger partial charge in [-0.1, -0.05) is 146 Å². The molecule has 3 nitrogen and oxygen atoms in total. The SMILES string of the molecule is Cc1c(-c2ccc(C#N)cc2)cc2c3c1-c1cccc4c5c6ccccc6ccc5n(c14)B3c1cc(-c3ccccc3)ccc1N2c1ccc(-c2ccccc2)cc1. The van der Waals surface area contributed by atoms with Gasteiger partial charge in [0.15, 0.2) is 0 Å². The number of nitriles is 1. The van der Waals surface area contributed by atoms with Crippen LogP contribution in [-0.2, 0) is 0 Å². The van der Waals surface area contributed by atoms with Gasteiger partial charge in [0.1, 0.15) is 0 Å². The van der Waals surface area contributed by atoms with Crippen LogP contribution >= 0.6 is 0 Å². The fourth-order valence-electron chi connectivity index (χ4n) is 10.0. The number of hydrogen-bond acceptors (Lipinski definition) is 2. The number of rotatable bonds is 4. The lowest BCUT2D eigenvalue weighted by Gasteiger charge is -2.41. The molecular formula is C54H34BN3. The molecule has 0 fully saturated rings. The Balaban J connectivity index is 1.22. The first-order valence-corrected chi connectivity index (χ1v) is 19.9. The Labute approximate surface area is 337 Å². The maximum Gasteiger partial charge on any atom is 0.333 e. The molecule has 0 radical (unpaired) electrons. The van der Waals surface area contributed by atoms with E-state index in [9.17, 15) is 5.26 Å². The monoisotopic (exact) mass is 735 g/mol. The third-order valence-corrected chi connectivity index (χ3v) is 12.6. The molecule has 0 saturated carbocycles. The number of hydrogen-bond donors (Lipinski definition) is 0. The van der Waals surface area contributed by atoms with Crippen molar-refractivity contribution in [3.63, 3.8) is 0 Å². The molecule has 58 heavy (non-hydrogen) atoms. The Hall–Kier alpha value is -7.61. The quantitative estimate of drug-likeness (QED) is 0.169. The molecule has 2 aliphatic heterocycles. The Bertz CT molecular complexity index is 3340. The van der Waals surface area contributed by atoms with Gasteiger partial charge in [-0.15, -0.1) is 0 Å². The van der Waals surface area contributed by atoms with Crippen molar-refractivity contribution in [2.45, 2.75) is 6.92 Å². The summed E-state index contributed by atoms with van der Waals surface area (Å²) in [6, 6.07) is 70.6. The van der Waals surface area contributed by atoms with E-state index in [-0.39, 0.29) is 6.85 Å². The Morgan fingerprint density at radius 1 is 0.517 bits per heavy atom. The van der Waals surface area contributed by atoms with E-state index in [1.807, 2.05) is 12.1 Å². The highest BCUT2D eigenvalue weighted by atomic mass is 15.2. The molecule has 3 heterocycles. The van der Waals surface area contributed by atoms with Crippen LogP contribution in [0.15, 0.2) is 188 Å². The summed E-state index contributed by atoms with van der Waals surface area (Å²) in [6.07, 6.45) is 0. The van der Waals surface area contributed by atoms with Crippen LogP contribution in [0.2, 0.25) is 0 Å². The highest BCUT2D eigenvalue weighted by Crippen LogP contribution is 2.49. The van der Waals surface area contributed by atoms with Crippen LogP contribution in [0, 0.1) is 18.3 Å². The smallest absolute Gasteiger partial charge is 0.333 e. The summed E-state index contributed by atoms with van der Waals surface area (Å²) in [6.45, 7) is 2.20. The van der Waals surface area contributed by atoms with Gasteiger partial charge in [0.25, 0.3) is 0 Å². The van der Waals surface area contributed by atoms with E-state index in [4.69, 9.17) is 0 Å². The van der Waals surface area contributed by atoms with Crippen molar-refractivity contribution in [1.82, 2.24) is 4.48 Å². The molecule has 0 bridgehead atoms. The Morgan fingerprint density at radius 3 is 1.93 bits per heavy atom. The Morgan fingerprint density at radius 2 is 1.17 bits per heavy atom. The molecule has 0 spiro atoms. The average Bonchev–Trinajstić information content (AvgIpc) is 3.64. The summed E-state index contributed by atoms with van der Waals surface area (Å²) in [5.74, 6) is 0. The first-order valence-electron chi connectivity index (χ1n) is 19.9. The highest BCUT2D eigenvalue weighted by molar-refractivity contribution is 6.90. The number of nitrogens with zero attached hydrogens (tertiary/aromatic N) is 3. The number of anilines is 3. The van der Waals surface area contributed by atoms with Crippen LogP contribution < -0.4 is 15.8 Å². The van der Waals surface area contributed by atoms with E-state index in [0.717, 1.165) is 11.3 Å². The summed E-state index contributed by atoms with van der Waals surface area (Å²) in [7, 11) is 0. The zero-order valence-electron chi connectivity index (χ0n) is 31.8. The van der Waals surface area contributed by atoms with Crippen LogP contribution in [0.4, 0.5) is 17.1 Å². The summed E-state index contributed by atoms with van der Waals surface area (Å²) < 4.78 is 2.66. The predicted octanol–water partition coefficient (Wildman–Crippen LogP) is 12.5. The molecule has 0 aliphatic carbocycles. The molecule has 0 amide bonds. The molecule has 0 unspecified atom stereocenters. The molecule has 4 heteroatoms. The largest absolute Gasteiger partial charge is 0.375 e. The van der Waals surface area contributed by atoms with Crippen LogP contribution in [-0.4, -0.2) is 11.3 Å². The number of para-hydroxylation sites is 1. The molecule has 0 atom stereocenters. The van der Waals surface area contributed by atoms with Crippen molar-refractivity contribution < 1.29 is 0 Å². The van der Waals surface area contributed by atoms with Crippen molar-refractivity contribution in [1.29, 1.82) is 5.26 Å². The van der Waals surface area contributed by atoms with Crippen molar-refractivity contribution in [2.75, 3.05) is 4.90 Å². The standard InChI is InChI=1S/C54H34BN3/c1-34-46(40-21-19-35(33-56)20-22-40)32-50-53-51(34)44-17-10-18-45-52-43-16-9-8-15-39(43)25-30-49(52)58(54(44)45)55(53)47-31-41(37-13-6-3-7-14-37)26-29-48(47)57(50)42-27-23-38(24-28-42)36-11-4-2-5-12-36/h2-32H,1H3. The van der Waals surface area contributed by atoms with Crippen LogP contribution in [0.3, 0.4) is 0 Å². The van der Waals surface area contributed by atoms with Crippen LogP contribution in [0.5, 0.6) is 0 Å². The summed E-state index contributed by atoms with van der Waals surface area (Å²) in [5.41, 5.74) is 20.0. The second-order valence-electron chi connectivity index (χ2n) is 15.6.